The quantitative estimate of drug-likeness (QED) is 0.650. The minimum absolute atomic E-state index is 0. The molecular weight excluding hydrogens is 429 g/mol. The minimum Gasteiger partial charge on any atom is -0.497 e. The van der Waals surface area contributed by atoms with Gasteiger partial charge in [-0.2, -0.15) is 4.98 Å². The summed E-state index contributed by atoms with van der Waals surface area (Å²) in [6, 6.07) is 7.58. The number of halogens is 2. The smallest absolute Gasteiger partial charge is 0.241 e. The summed E-state index contributed by atoms with van der Waals surface area (Å²) in [4.78, 5) is 20.9. The molecule has 1 amide bonds. The monoisotopic (exact) mass is 457 g/mol. The molecule has 1 aromatic heterocycles. The highest BCUT2D eigenvalue weighted by Gasteiger charge is 2.24. The van der Waals surface area contributed by atoms with Crippen LogP contribution < -0.4 is 10.1 Å². The predicted molar refractivity (Wildman–Crippen MR) is 118 cm³/mol. The highest BCUT2D eigenvalue weighted by atomic mass is 35.5. The number of ether oxygens (including phenoxy) is 1. The van der Waals surface area contributed by atoms with Gasteiger partial charge in [0, 0.05) is 31.7 Å². The molecule has 0 unspecified atom stereocenters. The van der Waals surface area contributed by atoms with Gasteiger partial charge in [-0.3, -0.25) is 9.69 Å². The second-order valence-corrected chi connectivity index (χ2v) is 7.47. The van der Waals surface area contributed by atoms with Crippen molar-refractivity contribution in [2.75, 3.05) is 46.4 Å². The van der Waals surface area contributed by atoms with Gasteiger partial charge in [-0.15, -0.1) is 24.8 Å². The zero-order valence-electron chi connectivity index (χ0n) is 17.1. The first-order valence-corrected chi connectivity index (χ1v) is 9.89. The van der Waals surface area contributed by atoms with Crippen LogP contribution in [0.15, 0.2) is 28.8 Å². The standard InChI is InChI=1S/C20H27N5O3.2ClH/c1-27-17-6-4-16(5-7-17)20-22-18(28-23-20)14-24-8-10-25(11-9-24)19(26)13-21-12-15-2-3-15;;/h4-7,15,21H,2-3,8-14H2,1H3;2*1H. The number of nitrogens with zero attached hydrogens (tertiary/aromatic N) is 4. The number of hydrogen-bond acceptors (Lipinski definition) is 7. The summed E-state index contributed by atoms with van der Waals surface area (Å²) in [5, 5.41) is 7.35. The molecule has 2 aromatic rings. The zero-order valence-corrected chi connectivity index (χ0v) is 18.7. The van der Waals surface area contributed by atoms with Crippen LogP contribution in [0.2, 0.25) is 0 Å². The van der Waals surface area contributed by atoms with Crippen molar-refractivity contribution in [2.24, 2.45) is 5.92 Å². The lowest BCUT2D eigenvalue weighted by Crippen LogP contribution is -2.50. The summed E-state index contributed by atoms with van der Waals surface area (Å²) in [6.07, 6.45) is 2.60. The molecule has 1 saturated carbocycles. The van der Waals surface area contributed by atoms with Crippen molar-refractivity contribution in [3.8, 4) is 17.1 Å². The summed E-state index contributed by atoms with van der Waals surface area (Å²) >= 11 is 0. The molecule has 4 rings (SSSR count). The minimum atomic E-state index is 0. The van der Waals surface area contributed by atoms with Crippen LogP contribution in [0.3, 0.4) is 0 Å². The maximum absolute atomic E-state index is 12.3. The summed E-state index contributed by atoms with van der Waals surface area (Å²) in [5.74, 6) is 2.95. The Kier molecular flexibility index (Phi) is 9.36. The highest BCUT2D eigenvalue weighted by Crippen LogP contribution is 2.27. The van der Waals surface area contributed by atoms with Crippen LogP contribution in [-0.2, 0) is 11.3 Å². The molecular formula is C20H29Cl2N5O3. The lowest BCUT2D eigenvalue weighted by Gasteiger charge is -2.34. The van der Waals surface area contributed by atoms with Crippen molar-refractivity contribution in [1.29, 1.82) is 0 Å². The molecule has 2 aliphatic rings. The van der Waals surface area contributed by atoms with Crippen LogP contribution >= 0.6 is 24.8 Å². The molecule has 0 bridgehead atoms. The molecule has 166 valence electrons. The van der Waals surface area contributed by atoms with Crippen LogP contribution in [0, 0.1) is 5.92 Å². The van der Waals surface area contributed by atoms with Crippen LogP contribution in [0.25, 0.3) is 11.4 Å². The Morgan fingerprint density at radius 1 is 1.17 bits per heavy atom. The van der Waals surface area contributed by atoms with Gasteiger partial charge in [0.1, 0.15) is 5.75 Å². The van der Waals surface area contributed by atoms with E-state index in [1.165, 1.54) is 12.8 Å². The maximum Gasteiger partial charge on any atom is 0.241 e. The molecule has 1 aliphatic heterocycles. The fourth-order valence-corrected chi connectivity index (χ4v) is 3.34. The number of amides is 1. The lowest BCUT2D eigenvalue weighted by atomic mass is 10.2. The van der Waals surface area contributed by atoms with E-state index in [9.17, 15) is 4.79 Å². The van der Waals surface area contributed by atoms with E-state index in [1.807, 2.05) is 29.2 Å². The molecule has 2 heterocycles. The summed E-state index contributed by atoms with van der Waals surface area (Å²) in [6.45, 7) is 5.13. The first-order chi connectivity index (χ1) is 13.7. The largest absolute Gasteiger partial charge is 0.497 e. The zero-order chi connectivity index (χ0) is 19.3. The van der Waals surface area contributed by atoms with Crippen molar-refractivity contribution in [3.63, 3.8) is 0 Å². The number of nitrogens with one attached hydrogen (secondary N) is 1. The van der Waals surface area contributed by atoms with Crippen molar-refractivity contribution in [3.05, 3.63) is 30.2 Å². The SMILES string of the molecule is COc1ccc(-c2noc(CN3CCN(C(=O)CNCC4CC4)CC3)n2)cc1.Cl.Cl. The molecule has 1 aliphatic carbocycles. The third-order valence-electron chi connectivity index (χ3n) is 5.31. The first kappa shape index (κ1) is 24.4. The average Bonchev–Trinajstić information content (AvgIpc) is 3.44. The van der Waals surface area contributed by atoms with Crippen molar-refractivity contribution in [1.82, 2.24) is 25.3 Å². The Labute approximate surface area is 189 Å². The number of carbonyl (C=O) groups excluding carboxylic acids is 1. The van der Waals surface area contributed by atoms with E-state index in [1.54, 1.807) is 7.11 Å². The molecule has 0 atom stereocenters. The number of benzene rings is 1. The average molecular weight is 458 g/mol. The number of carbonyl (C=O) groups is 1. The summed E-state index contributed by atoms with van der Waals surface area (Å²) < 4.78 is 10.6. The van der Waals surface area contributed by atoms with Crippen LogP contribution in [0.1, 0.15) is 18.7 Å². The molecule has 30 heavy (non-hydrogen) atoms. The molecule has 1 N–H and O–H groups in total. The Hall–Kier alpha value is -1.87. The lowest BCUT2D eigenvalue weighted by molar-refractivity contribution is -0.132. The first-order valence-electron chi connectivity index (χ1n) is 9.89. The van der Waals surface area contributed by atoms with Gasteiger partial charge in [0.25, 0.3) is 0 Å². The second kappa shape index (κ2) is 11.5. The van der Waals surface area contributed by atoms with E-state index < -0.39 is 0 Å². The third-order valence-corrected chi connectivity index (χ3v) is 5.31. The fraction of sp³-hybridized carbons (Fsp3) is 0.550. The summed E-state index contributed by atoms with van der Waals surface area (Å²) in [7, 11) is 1.64. The van der Waals surface area contributed by atoms with Crippen molar-refractivity contribution >= 4 is 30.7 Å². The molecule has 2 fully saturated rings. The Bertz CT molecular complexity index is 790. The molecule has 0 spiro atoms. The van der Waals surface area contributed by atoms with E-state index in [0.29, 0.717) is 24.8 Å². The topological polar surface area (TPSA) is 83.7 Å². The highest BCUT2D eigenvalue weighted by molar-refractivity contribution is 5.85. The van der Waals surface area contributed by atoms with Crippen LogP contribution in [0.4, 0.5) is 0 Å². The maximum atomic E-state index is 12.3. The van der Waals surface area contributed by atoms with Gasteiger partial charge in [-0.25, -0.2) is 0 Å². The Balaban J connectivity index is 0.00000160. The predicted octanol–water partition coefficient (Wildman–Crippen LogP) is 2.23. The fourth-order valence-electron chi connectivity index (χ4n) is 3.34. The van der Waals surface area contributed by atoms with E-state index in [0.717, 1.165) is 50.0 Å². The van der Waals surface area contributed by atoms with Gasteiger partial charge in [0.2, 0.25) is 17.6 Å². The van der Waals surface area contributed by atoms with Crippen molar-refractivity contribution < 1.29 is 14.1 Å². The normalized spacial score (nSPS) is 16.5. The van der Waals surface area contributed by atoms with Crippen molar-refractivity contribution in [2.45, 2.75) is 19.4 Å². The number of hydrogen-bond donors (Lipinski definition) is 1. The molecule has 8 nitrogen and oxygen atoms in total. The van der Waals surface area contributed by atoms with E-state index in [2.05, 4.69) is 20.4 Å². The van der Waals surface area contributed by atoms with E-state index in [-0.39, 0.29) is 30.7 Å². The van der Waals surface area contributed by atoms with E-state index >= 15 is 0 Å². The van der Waals surface area contributed by atoms with Gasteiger partial charge in [0.15, 0.2) is 0 Å². The second-order valence-electron chi connectivity index (χ2n) is 7.47. The molecule has 10 heteroatoms. The molecule has 1 saturated heterocycles. The third kappa shape index (κ3) is 6.57. The number of rotatable bonds is 8. The number of piperazine rings is 1. The summed E-state index contributed by atoms with van der Waals surface area (Å²) in [5.41, 5.74) is 0.893. The Morgan fingerprint density at radius 2 is 1.87 bits per heavy atom. The van der Waals surface area contributed by atoms with Gasteiger partial charge in [0.05, 0.1) is 20.2 Å². The van der Waals surface area contributed by atoms with E-state index in [4.69, 9.17) is 9.26 Å². The number of aromatic nitrogens is 2. The van der Waals surface area contributed by atoms with Crippen LogP contribution in [0.5, 0.6) is 5.75 Å². The Morgan fingerprint density at radius 3 is 2.50 bits per heavy atom. The number of methoxy groups -OCH3 is 1. The molecule has 0 radical (unpaired) electrons. The van der Waals surface area contributed by atoms with Crippen LogP contribution in [-0.4, -0.2) is 72.2 Å². The van der Waals surface area contributed by atoms with Gasteiger partial charge in [-0.1, -0.05) is 5.16 Å². The van der Waals surface area contributed by atoms with Gasteiger partial charge in [-0.05, 0) is 49.6 Å². The van der Waals surface area contributed by atoms with Gasteiger partial charge >= 0.3 is 0 Å². The molecule has 1 aromatic carbocycles. The van der Waals surface area contributed by atoms with Gasteiger partial charge < -0.3 is 19.5 Å².